The van der Waals surface area contributed by atoms with Gasteiger partial charge in [0.25, 0.3) is 11.7 Å². The van der Waals surface area contributed by atoms with Crippen LogP contribution in [0.25, 0.3) is 5.76 Å². The molecular weight excluding hydrogens is 482 g/mol. The van der Waals surface area contributed by atoms with E-state index >= 15 is 0 Å². The fourth-order valence-corrected chi connectivity index (χ4v) is 4.51. The predicted octanol–water partition coefficient (Wildman–Crippen LogP) is 5.80. The predicted molar refractivity (Wildman–Crippen MR) is 145 cm³/mol. The maximum Gasteiger partial charge on any atom is 0.337 e. The Bertz CT molecular complexity index is 1400. The minimum Gasteiger partial charge on any atom is -0.507 e. The monoisotopic (exact) mass is 513 g/mol. The zero-order chi connectivity index (χ0) is 27.6. The van der Waals surface area contributed by atoms with E-state index in [1.54, 1.807) is 42.5 Å². The lowest BCUT2D eigenvalue weighted by molar-refractivity contribution is -0.132. The van der Waals surface area contributed by atoms with Gasteiger partial charge in [-0.05, 0) is 65.9 Å². The second-order valence-corrected chi connectivity index (χ2v) is 10.0. The van der Waals surface area contributed by atoms with E-state index in [9.17, 15) is 19.5 Å². The Morgan fingerprint density at radius 2 is 1.61 bits per heavy atom. The number of rotatable bonds is 6. The highest BCUT2D eigenvalue weighted by Crippen LogP contribution is 2.43. The smallest absolute Gasteiger partial charge is 0.337 e. The summed E-state index contributed by atoms with van der Waals surface area (Å²) in [7, 11) is 1.27. The number of carbonyl (C=O) groups is 3. The Kier molecular flexibility index (Phi) is 7.39. The number of benzene rings is 3. The molecule has 1 aliphatic rings. The molecule has 3 aromatic rings. The summed E-state index contributed by atoms with van der Waals surface area (Å²) in [6.45, 7) is 8.65. The molecule has 1 unspecified atom stereocenters. The number of aliphatic hydroxyl groups excluding tert-OH is 1. The molecule has 1 heterocycles. The van der Waals surface area contributed by atoms with Crippen molar-refractivity contribution in [2.75, 3.05) is 18.6 Å². The third-order valence-electron chi connectivity index (χ3n) is 6.52. The second-order valence-electron chi connectivity index (χ2n) is 10.0. The van der Waals surface area contributed by atoms with Crippen molar-refractivity contribution >= 4 is 29.1 Å². The highest BCUT2D eigenvalue weighted by Gasteiger charge is 2.47. The number of amides is 1. The van der Waals surface area contributed by atoms with Crippen LogP contribution < -0.4 is 9.64 Å². The lowest BCUT2D eigenvalue weighted by atomic mass is 9.85. The molecule has 1 atom stereocenters. The van der Waals surface area contributed by atoms with Crippen LogP contribution in [-0.4, -0.2) is 36.5 Å². The Balaban J connectivity index is 1.90. The van der Waals surface area contributed by atoms with Crippen LogP contribution in [0, 0.1) is 0 Å². The first-order valence-electron chi connectivity index (χ1n) is 12.4. The molecule has 7 nitrogen and oxygen atoms in total. The molecule has 0 aliphatic carbocycles. The van der Waals surface area contributed by atoms with Crippen LogP contribution in [0.3, 0.4) is 0 Å². The number of aliphatic hydroxyl groups is 1. The van der Waals surface area contributed by atoms with Crippen LogP contribution in [-0.2, 0) is 19.7 Å². The highest BCUT2D eigenvalue weighted by molar-refractivity contribution is 6.51. The number of Topliss-reactive ketones (excluding diaryl/α,β-unsaturated/α-hetero) is 1. The Morgan fingerprint density at radius 1 is 0.947 bits per heavy atom. The maximum atomic E-state index is 13.4. The fourth-order valence-electron chi connectivity index (χ4n) is 4.51. The number of ether oxygens (including phenoxy) is 2. The van der Waals surface area contributed by atoms with E-state index in [1.807, 2.05) is 31.2 Å². The number of hydrogen-bond donors (Lipinski definition) is 1. The summed E-state index contributed by atoms with van der Waals surface area (Å²) in [6.07, 6.45) is 0. The van der Waals surface area contributed by atoms with Crippen LogP contribution in [0.15, 0.2) is 78.4 Å². The molecule has 0 bridgehead atoms. The van der Waals surface area contributed by atoms with Crippen molar-refractivity contribution in [2.45, 2.75) is 39.2 Å². The molecule has 4 rings (SSSR count). The zero-order valence-electron chi connectivity index (χ0n) is 22.1. The number of methoxy groups -OCH3 is 1. The summed E-state index contributed by atoms with van der Waals surface area (Å²) in [5.41, 5.74) is 2.55. The molecule has 1 N–H and O–H groups in total. The highest BCUT2D eigenvalue weighted by atomic mass is 16.5. The number of nitrogens with zero attached hydrogens (tertiary/aromatic N) is 1. The molecule has 0 saturated carbocycles. The van der Waals surface area contributed by atoms with E-state index in [2.05, 4.69) is 20.8 Å². The molecular formula is C31H31NO6. The summed E-state index contributed by atoms with van der Waals surface area (Å²) in [5, 5.41) is 11.4. The molecule has 196 valence electrons. The van der Waals surface area contributed by atoms with Gasteiger partial charge in [-0.2, -0.15) is 0 Å². The number of anilines is 1. The van der Waals surface area contributed by atoms with E-state index in [1.165, 1.54) is 18.1 Å². The van der Waals surface area contributed by atoms with E-state index in [0.29, 0.717) is 29.2 Å². The van der Waals surface area contributed by atoms with Crippen molar-refractivity contribution < 1.29 is 29.0 Å². The molecule has 3 aromatic carbocycles. The van der Waals surface area contributed by atoms with Gasteiger partial charge in [0, 0.05) is 11.3 Å². The van der Waals surface area contributed by atoms with Gasteiger partial charge < -0.3 is 14.6 Å². The van der Waals surface area contributed by atoms with E-state index in [4.69, 9.17) is 9.47 Å². The maximum absolute atomic E-state index is 13.4. The van der Waals surface area contributed by atoms with Crippen LogP contribution in [0.4, 0.5) is 5.69 Å². The number of ketones is 1. The minimum atomic E-state index is -0.913. The van der Waals surface area contributed by atoms with Crippen molar-refractivity contribution in [3.8, 4) is 5.75 Å². The van der Waals surface area contributed by atoms with Gasteiger partial charge >= 0.3 is 5.97 Å². The fraction of sp³-hybridized carbons (Fsp3) is 0.258. The first-order valence-corrected chi connectivity index (χ1v) is 12.4. The van der Waals surface area contributed by atoms with Gasteiger partial charge in [0.2, 0.25) is 0 Å². The van der Waals surface area contributed by atoms with Crippen LogP contribution in [0.2, 0.25) is 0 Å². The SMILES string of the molecule is CCOc1ccc(/C(O)=C2\C(=O)C(=O)N(c3cccc(C(=O)OC)c3)C2c2ccc(C(C)(C)C)cc2)cc1. The number of carbonyl (C=O) groups excluding carboxylic acids is 3. The second kappa shape index (κ2) is 10.5. The third-order valence-corrected chi connectivity index (χ3v) is 6.52. The van der Waals surface area contributed by atoms with Gasteiger partial charge in [0.1, 0.15) is 11.5 Å². The molecule has 7 heteroatoms. The zero-order valence-corrected chi connectivity index (χ0v) is 22.1. The van der Waals surface area contributed by atoms with E-state index in [0.717, 1.165) is 5.56 Å². The van der Waals surface area contributed by atoms with Gasteiger partial charge in [-0.25, -0.2) is 4.79 Å². The number of hydrogen-bond acceptors (Lipinski definition) is 6. The Morgan fingerprint density at radius 3 is 2.18 bits per heavy atom. The first kappa shape index (κ1) is 26.7. The Labute approximate surface area is 222 Å². The molecule has 0 aromatic heterocycles. The van der Waals surface area contributed by atoms with Crippen molar-refractivity contribution in [3.05, 3.63) is 101 Å². The standard InChI is InChI=1S/C31H31NO6/c1-6-38-24-16-12-20(13-17-24)27(33)25-26(19-10-14-22(15-11-19)31(2,3)4)32(29(35)28(25)34)23-9-7-8-21(18-23)30(36)37-5/h7-18,26,33H,6H2,1-5H3/b27-25+. The molecule has 1 aliphatic heterocycles. The number of esters is 1. The van der Waals surface area contributed by atoms with Crippen LogP contribution in [0.1, 0.15) is 60.8 Å². The van der Waals surface area contributed by atoms with E-state index < -0.39 is 23.7 Å². The van der Waals surface area contributed by atoms with Crippen LogP contribution in [0.5, 0.6) is 5.75 Å². The first-order chi connectivity index (χ1) is 18.1. The quantitative estimate of drug-likeness (QED) is 0.194. The summed E-state index contributed by atoms with van der Waals surface area (Å²) < 4.78 is 10.3. The topological polar surface area (TPSA) is 93.1 Å². The van der Waals surface area contributed by atoms with Gasteiger partial charge in [-0.15, -0.1) is 0 Å². The van der Waals surface area contributed by atoms with E-state index in [-0.39, 0.29) is 22.3 Å². The third kappa shape index (κ3) is 5.05. The lowest BCUT2D eigenvalue weighted by Crippen LogP contribution is -2.29. The van der Waals surface area contributed by atoms with Gasteiger partial charge in [-0.3, -0.25) is 14.5 Å². The van der Waals surface area contributed by atoms with Gasteiger partial charge in [0.05, 0.1) is 30.9 Å². The molecule has 0 radical (unpaired) electrons. The van der Waals surface area contributed by atoms with Crippen molar-refractivity contribution in [3.63, 3.8) is 0 Å². The lowest BCUT2D eigenvalue weighted by Gasteiger charge is -2.27. The van der Waals surface area contributed by atoms with Gasteiger partial charge in [-0.1, -0.05) is 51.1 Å². The van der Waals surface area contributed by atoms with Crippen molar-refractivity contribution in [1.82, 2.24) is 0 Å². The average molecular weight is 514 g/mol. The largest absolute Gasteiger partial charge is 0.507 e. The summed E-state index contributed by atoms with van der Waals surface area (Å²) in [6, 6.07) is 19.7. The Hall–Kier alpha value is -4.39. The summed E-state index contributed by atoms with van der Waals surface area (Å²) in [4.78, 5) is 40.4. The molecule has 0 spiro atoms. The molecule has 1 fully saturated rings. The minimum absolute atomic E-state index is 0.0360. The van der Waals surface area contributed by atoms with Gasteiger partial charge in [0.15, 0.2) is 0 Å². The summed E-state index contributed by atoms with van der Waals surface area (Å²) >= 11 is 0. The normalized spacial score (nSPS) is 17.0. The average Bonchev–Trinajstić information content (AvgIpc) is 3.18. The molecule has 38 heavy (non-hydrogen) atoms. The molecule has 1 saturated heterocycles. The molecule has 1 amide bonds. The van der Waals surface area contributed by atoms with Crippen molar-refractivity contribution in [2.24, 2.45) is 0 Å². The van der Waals surface area contributed by atoms with Crippen LogP contribution >= 0.6 is 0 Å². The summed E-state index contributed by atoms with van der Waals surface area (Å²) in [5.74, 6) is -1.85. The van der Waals surface area contributed by atoms with Crippen molar-refractivity contribution in [1.29, 1.82) is 0 Å².